The van der Waals surface area contributed by atoms with Crippen molar-refractivity contribution in [2.45, 2.75) is 25.8 Å². The van der Waals surface area contributed by atoms with Gasteiger partial charge in [-0.3, -0.25) is 0 Å². The third-order valence-corrected chi connectivity index (χ3v) is 3.24. The number of rotatable bonds is 0. The smallest absolute Gasteiger partial charge is 0.0474 e. The number of hydrogen-bond acceptors (Lipinski definition) is 1. The van der Waals surface area contributed by atoms with E-state index in [4.69, 9.17) is 23.2 Å². The Kier molecular flexibility index (Phi) is 2.50. The first kappa shape index (κ1) is 10.3. The van der Waals surface area contributed by atoms with Crippen molar-refractivity contribution in [2.24, 2.45) is 0 Å². The van der Waals surface area contributed by atoms with Crippen molar-refractivity contribution in [1.29, 1.82) is 0 Å². The van der Waals surface area contributed by atoms with Crippen molar-refractivity contribution in [3.05, 3.63) is 33.3 Å². The van der Waals surface area contributed by atoms with Gasteiger partial charge in [0.15, 0.2) is 0 Å². The average molecular weight is 230 g/mol. The van der Waals surface area contributed by atoms with Crippen molar-refractivity contribution in [3.63, 3.8) is 0 Å². The first-order valence-electron chi connectivity index (χ1n) is 4.74. The highest BCUT2D eigenvalue weighted by molar-refractivity contribution is 6.35. The van der Waals surface area contributed by atoms with Gasteiger partial charge in [-0.05, 0) is 50.1 Å². The van der Waals surface area contributed by atoms with E-state index in [9.17, 15) is 0 Å². The van der Waals surface area contributed by atoms with Gasteiger partial charge in [0.2, 0.25) is 0 Å². The van der Waals surface area contributed by atoms with E-state index in [0.717, 1.165) is 23.0 Å². The molecule has 0 amide bonds. The topological polar surface area (TPSA) is 12.0 Å². The van der Waals surface area contributed by atoms with Crippen LogP contribution in [0.2, 0.25) is 10.0 Å². The van der Waals surface area contributed by atoms with Crippen LogP contribution in [0.25, 0.3) is 0 Å². The molecule has 1 aliphatic heterocycles. The Morgan fingerprint density at radius 3 is 2.71 bits per heavy atom. The number of hydrogen-bond donors (Lipinski definition) is 1. The molecule has 0 aromatic heterocycles. The van der Waals surface area contributed by atoms with Crippen molar-refractivity contribution in [1.82, 2.24) is 5.32 Å². The zero-order valence-electron chi connectivity index (χ0n) is 8.32. The molecular formula is C11H13Cl2N. The second kappa shape index (κ2) is 3.41. The highest BCUT2D eigenvalue weighted by atomic mass is 35.5. The molecule has 0 saturated carbocycles. The maximum Gasteiger partial charge on any atom is 0.0474 e. The molecule has 3 heteroatoms. The average Bonchev–Trinajstić information content (AvgIpc) is 2.00. The van der Waals surface area contributed by atoms with Crippen LogP contribution >= 0.6 is 23.2 Å². The summed E-state index contributed by atoms with van der Waals surface area (Å²) in [5.41, 5.74) is 2.41. The lowest BCUT2D eigenvalue weighted by molar-refractivity contribution is 0.382. The minimum Gasteiger partial charge on any atom is -0.307 e. The predicted molar refractivity (Wildman–Crippen MR) is 61.2 cm³/mol. The lowest BCUT2D eigenvalue weighted by Crippen LogP contribution is -2.42. The summed E-state index contributed by atoms with van der Waals surface area (Å²) in [5.74, 6) is 0. The van der Waals surface area contributed by atoms with Crippen LogP contribution in [0.5, 0.6) is 0 Å². The summed E-state index contributed by atoms with van der Waals surface area (Å²) < 4.78 is 0. The van der Waals surface area contributed by atoms with Crippen molar-refractivity contribution in [2.75, 3.05) is 6.54 Å². The molecule has 1 aromatic carbocycles. The van der Waals surface area contributed by atoms with Crippen LogP contribution in [-0.2, 0) is 12.0 Å². The summed E-state index contributed by atoms with van der Waals surface area (Å²) >= 11 is 12.2. The zero-order chi connectivity index (χ0) is 10.3. The van der Waals surface area contributed by atoms with Gasteiger partial charge in [0.25, 0.3) is 0 Å². The van der Waals surface area contributed by atoms with Crippen LogP contribution in [-0.4, -0.2) is 6.54 Å². The Hall–Kier alpha value is -0.240. The lowest BCUT2D eigenvalue weighted by Gasteiger charge is -2.34. The molecule has 0 fully saturated rings. The Bertz CT molecular complexity index is 372. The molecule has 0 saturated heterocycles. The van der Waals surface area contributed by atoms with Gasteiger partial charge in [0, 0.05) is 15.6 Å². The van der Waals surface area contributed by atoms with E-state index in [0.29, 0.717) is 0 Å². The number of fused-ring (bicyclic) bond motifs is 1. The first-order chi connectivity index (χ1) is 6.50. The lowest BCUT2D eigenvalue weighted by atomic mass is 9.85. The van der Waals surface area contributed by atoms with Crippen molar-refractivity contribution >= 4 is 23.2 Å². The molecule has 76 valence electrons. The van der Waals surface area contributed by atoms with Crippen LogP contribution in [0.3, 0.4) is 0 Å². The molecular weight excluding hydrogens is 217 g/mol. The summed E-state index contributed by atoms with van der Waals surface area (Å²) in [7, 11) is 0. The predicted octanol–water partition coefficient (Wildman–Crippen LogP) is 3.37. The fourth-order valence-electron chi connectivity index (χ4n) is 2.12. The maximum atomic E-state index is 6.21. The summed E-state index contributed by atoms with van der Waals surface area (Å²) in [5, 5.41) is 4.94. The molecule has 1 aliphatic rings. The molecule has 1 heterocycles. The van der Waals surface area contributed by atoms with Gasteiger partial charge >= 0.3 is 0 Å². The zero-order valence-corrected chi connectivity index (χ0v) is 9.84. The molecule has 0 atom stereocenters. The summed E-state index contributed by atoms with van der Waals surface area (Å²) in [6.45, 7) is 5.27. The van der Waals surface area contributed by atoms with E-state index in [1.807, 2.05) is 12.1 Å². The van der Waals surface area contributed by atoms with Crippen molar-refractivity contribution < 1.29 is 0 Å². The fraction of sp³-hybridized carbons (Fsp3) is 0.455. The van der Waals surface area contributed by atoms with Gasteiger partial charge in [0.1, 0.15) is 0 Å². The van der Waals surface area contributed by atoms with Crippen LogP contribution in [0.1, 0.15) is 25.0 Å². The van der Waals surface area contributed by atoms with Gasteiger partial charge in [-0.2, -0.15) is 0 Å². The van der Waals surface area contributed by atoms with E-state index < -0.39 is 0 Å². The minimum atomic E-state index is -0.0464. The van der Waals surface area contributed by atoms with E-state index in [1.54, 1.807) is 0 Å². The molecule has 0 spiro atoms. The molecule has 2 rings (SSSR count). The van der Waals surface area contributed by atoms with Crippen LogP contribution < -0.4 is 5.32 Å². The maximum absolute atomic E-state index is 6.21. The third kappa shape index (κ3) is 1.65. The van der Waals surface area contributed by atoms with E-state index in [2.05, 4.69) is 19.2 Å². The summed E-state index contributed by atoms with van der Waals surface area (Å²) in [6.07, 6.45) is 0.999. The number of nitrogens with one attached hydrogen (secondary N) is 1. The summed E-state index contributed by atoms with van der Waals surface area (Å²) in [6, 6.07) is 3.84. The molecule has 0 bridgehead atoms. The fourth-order valence-corrected chi connectivity index (χ4v) is 2.89. The van der Waals surface area contributed by atoms with Gasteiger partial charge in [-0.15, -0.1) is 0 Å². The van der Waals surface area contributed by atoms with Crippen LogP contribution in [0.4, 0.5) is 0 Å². The van der Waals surface area contributed by atoms with Crippen LogP contribution in [0.15, 0.2) is 12.1 Å². The van der Waals surface area contributed by atoms with E-state index >= 15 is 0 Å². The minimum absolute atomic E-state index is 0.0464. The molecule has 1 nitrogen and oxygen atoms in total. The van der Waals surface area contributed by atoms with E-state index in [1.165, 1.54) is 11.1 Å². The molecule has 14 heavy (non-hydrogen) atoms. The quantitative estimate of drug-likeness (QED) is 0.720. The standard InChI is InChI=1S/C11H13Cl2N/c1-11(2)10-7(3-4-14-11)5-8(12)6-9(10)13/h5-6,14H,3-4H2,1-2H3. The normalized spacial score (nSPS) is 19.1. The second-order valence-corrected chi connectivity index (χ2v) is 5.07. The Morgan fingerprint density at radius 1 is 1.29 bits per heavy atom. The Morgan fingerprint density at radius 2 is 2.00 bits per heavy atom. The van der Waals surface area contributed by atoms with Gasteiger partial charge in [-0.1, -0.05) is 23.2 Å². The largest absolute Gasteiger partial charge is 0.307 e. The number of halogens is 2. The molecule has 0 aliphatic carbocycles. The van der Waals surface area contributed by atoms with Gasteiger partial charge in [0.05, 0.1) is 0 Å². The van der Waals surface area contributed by atoms with Crippen molar-refractivity contribution in [3.8, 4) is 0 Å². The third-order valence-electron chi connectivity index (χ3n) is 2.72. The molecule has 0 radical (unpaired) electrons. The Balaban J connectivity index is 2.63. The monoisotopic (exact) mass is 229 g/mol. The second-order valence-electron chi connectivity index (χ2n) is 4.22. The highest BCUT2D eigenvalue weighted by Gasteiger charge is 2.29. The van der Waals surface area contributed by atoms with Gasteiger partial charge in [-0.25, -0.2) is 0 Å². The Labute approximate surface area is 94.4 Å². The molecule has 1 N–H and O–H groups in total. The molecule has 1 aromatic rings. The van der Waals surface area contributed by atoms with E-state index in [-0.39, 0.29) is 5.54 Å². The first-order valence-corrected chi connectivity index (χ1v) is 5.50. The molecule has 0 unspecified atom stereocenters. The highest BCUT2D eigenvalue weighted by Crippen LogP contribution is 2.35. The summed E-state index contributed by atoms with van der Waals surface area (Å²) in [4.78, 5) is 0. The number of benzene rings is 1. The van der Waals surface area contributed by atoms with Crippen LogP contribution in [0, 0.1) is 0 Å². The SMILES string of the molecule is CC1(C)NCCc2cc(Cl)cc(Cl)c21. The van der Waals surface area contributed by atoms with Gasteiger partial charge < -0.3 is 5.32 Å².